The van der Waals surface area contributed by atoms with Crippen LogP contribution in [0.3, 0.4) is 0 Å². The Morgan fingerprint density at radius 3 is 1.72 bits per heavy atom. The van der Waals surface area contributed by atoms with E-state index in [2.05, 4.69) is 36.3 Å². The van der Waals surface area contributed by atoms with Crippen molar-refractivity contribution in [1.29, 1.82) is 0 Å². The van der Waals surface area contributed by atoms with Gasteiger partial charge in [-0.25, -0.2) is 4.98 Å². The van der Waals surface area contributed by atoms with Gasteiger partial charge in [0.25, 0.3) is 0 Å². The predicted octanol–water partition coefficient (Wildman–Crippen LogP) is 11.0. The molecule has 3 nitrogen and oxygen atoms in total. The molecule has 1 aromatic heterocycles. The topological polar surface area (TPSA) is 42.0 Å². The van der Waals surface area contributed by atoms with Gasteiger partial charge in [0.1, 0.15) is 0 Å². The van der Waals surface area contributed by atoms with E-state index in [-0.39, 0.29) is 0 Å². The van der Waals surface area contributed by atoms with Crippen molar-refractivity contribution in [3.63, 3.8) is 0 Å². The molecule has 0 aliphatic carbocycles. The molecule has 4 aromatic carbocycles. The summed E-state index contributed by atoms with van der Waals surface area (Å²) < 4.78 is 14.5. The number of halogens is 2. The maximum atomic E-state index is 14.5. The highest BCUT2D eigenvalue weighted by Gasteiger charge is 2.23. The highest BCUT2D eigenvalue weighted by molar-refractivity contribution is 7.72. The molecule has 194 valence electrons. The van der Waals surface area contributed by atoms with Gasteiger partial charge in [-0.15, -0.1) is 0 Å². The second kappa shape index (κ2) is 12.2. The van der Waals surface area contributed by atoms with E-state index in [0.29, 0.717) is 15.2 Å². The number of aryl methyl sites for hydroxylation is 1. The van der Waals surface area contributed by atoms with E-state index in [9.17, 15) is 4.57 Å². The Kier molecular flexibility index (Phi) is 8.50. The van der Waals surface area contributed by atoms with Crippen molar-refractivity contribution in [3.05, 3.63) is 144 Å². The first-order valence-corrected chi connectivity index (χ1v) is 15.7. The van der Waals surface area contributed by atoms with Crippen LogP contribution in [-0.4, -0.2) is 4.98 Å². The third-order valence-corrected chi connectivity index (χ3v) is 9.94. The molecule has 1 heterocycles. The summed E-state index contributed by atoms with van der Waals surface area (Å²) in [6, 6.07) is 37.2. The van der Waals surface area contributed by atoms with E-state index in [1.807, 2.05) is 91.0 Å². The second-order valence-electron chi connectivity index (χ2n) is 8.94. The summed E-state index contributed by atoms with van der Waals surface area (Å²) in [4.78, 5) is 5.90. The molecular weight excluding hydrogens is 562 g/mol. The molecule has 0 spiro atoms. The summed E-state index contributed by atoms with van der Waals surface area (Å²) in [7, 11) is -3.47. The number of aromatic nitrogens is 1. The van der Waals surface area contributed by atoms with Gasteiger partial charge in [-0.05, 0) is 23.6 Å². The fourth-order valence-electron chi connectivity index (χ4n) is 3.99. The molecule has 0 atom stereocenters. The van der Waals surface area contributed by atoms with Crippen LogP contribution >= 0.6 is 41.8 Å². The highest BCUT2D eigenvalue weighted by atomic mass is 35.5. The van der Waals surface area contributed by atoms with Gasteiger partial charge in [0.05, 0.1) is 20.6 Å². The van der Waals surface area contributed by atoms with Crippen LogP contribution in [0.1, 0.15) is 16.7 Å². The maximum absolute atomic E-state index is 14.5. The third kappa shape index (κ3) is 6.79. The van der Waals surface area contributed by atoms with Crippen LogP contribution in [0.15, 0.2) is 127 Å². The molecule has 5 aromatic rings. The first-order chi connectivity index (χ1) is 18.9. The largest absolute Gasteiger partial charge is 0.306 e. The number of thiazole rings is 1. The fourth-order valence-corrected chi connectivity index (χ4v) is 8.09. The first-order valence-electron chi connectivity index (χ1n) is 12.3. The third-order valence-electron chi connectivity index (χ3n) is 5.97. The van der Waals surface area contributed by atoms with Gasteiger partial charge < -0.3 is 5.09 Å². The number of nitrogens with zero attached hydrogens (tertiary/aromatic N) is 1. The number of anilines is 1. The van der Waals surface area contributed by atoms with Crippen LogP contribution in [0, 0.1) is 6.92 Å². The SMILES string of the molecule is Cc1ccc(-c2nc(NP(=O)(C=C(Cl)c3ccccc3)C=C(Cl)c3ccccc3)sc2-c2ccccc2)cc1. The monoisotopic (exact) mass is 586 g/mol. The van der Waals surface area contributed by atoms with Gasteiger partial charge >= 0.3 is 0 Å². The molecule has 5 rings (SSSR count). The Balaban J connectivity index is 1.61. The van der Waals surface area contributed by atoms with E-state index < -0.39 is 7.29 Å². The van der Waals surface area contributed by atoms with Crippen molar-refractivity contribution < 1.29 is 4.57 Å². The van der Waals surface area contributed by atoms with E-state index in [4.69, 9.17) is 28.2 Å². The van der Waals surface area contributed by atoms with Crippen LogP contribution in [0.5, 0.6) is 0 Å². The normalized spacial score (nSPS) is 13.6. The molecule has 0 aliphatic rings. The molecule has 0 radical (unpaired) electrons. The van der Waals surface area contributed by atoms with Crippen LogP contribution in [0.2, 0.25) is 0 Å². The molecule has 0 aliphatic heterocycles. The lowest BCUT2D eigenvalue weighted by Gasteiger charge is -2.14. The maximum Gasteiger partial charge on any atom is 0.217 e. The van der Waals surface area contributed by atoms with Gasteiger partial charge in [-0.3, -0.25) is 4.57 Å². The number of hydrogen-bond donors (Lipinski definition) is 1. The summed E-state index contributed by atoms with van der Waals surface area (Å²) in [6.07, 6.45) is 0. The van der Waals surface area contributed by atoms with Crippen LogP contribution < -0.4 is 5.09 Å². The molecule has 0 unspecified atom stereocenters. The zero-order valence-electron chi connectivity index (χ0n) is 21.1. The van der Waals surface area contributed by atoms with Crippen molar-refractivity contribution in [2.45, 2.75) is 6.92 Å². The molecule has 0 amide bonds. The average Bonchev–Trinajstić information content (AvgIpc) is 3.38. The van der Waals surface area contributed by atoms with Gasteiger partial charge in [-0.1, -0.05) is 155 Å². The Bertz CT molecular complexity index is 1610. The quantitative estimate of drug-likeness (QED) is 0.184. The van der Waals surface area contributed by atoms with Crippen molar-refractivity contribution >= 4 is 57.0 Å². The molecule has 0 fully saturated rings. The number of nitrogens with one attached hydrogen (secondary N) is 1. The standard InChI is InChI=1S/C32H25Cl2N2OPS/c1-23-17-19-26(20-18-23)30-31(27-15-9-4-10-16-27)39-32(35-30)36-38(37,21-28(33)24-11-5-2-6-12-24)22-29(34)25-13-7-3-8-14-25/h2-22H,1H3,(H,35,36,37). The Labute approximate surface area is 242 Å². The minimum Gasteiger partial charge on any atom is -0.306 e. The summed E-state index contributed by atoms with van der Waals surface area (Å²) in [5.74, 6) is 3.09. The summed E-state index contributed by atoms with van der Waals surface area (Å²) >= 11 is 14.8. The minimum atomic E-state index is -3.47. The van der Waals surface area contributed by atoms with Crippen molar-refractivity contribution in [2.75, 3.05) is 5.09 Å². The molecule has 39 heavy (non-hydrogen) atoms. The summed E-state index contributed by atoms with van der Waals surface area (Å²) in [5.41, 5.74) is 5.51. The Hall–Kier alpha value is -3.40. The molecule has 1 N–H and O–H groups in total. The Morgan fingerprint density at radius 1 is 0.718 bits per heavy atom. The van der Waals surface area contributed by atoms with Crippen LogP contribution in [0.4, 0.5) is 5.13 Å². The average molecular weight is 588 g/mol. The minimum absolute atomic E-state index is 0.360. The molecule has 0 saturated heterocycles. The van der Waals surface area contributed by atoms with Crippen LogP contribution in [0.25, 0.3) is 31.8 Å². The fraction of sp³-hybridized carbons (Fsp3) is 0.0312. The van der Waals surface area contributed by atoms with Crippen LogP contribution in [-0.2, 0) is 4.57 Å². The van der Waals surface area contributed by atoms with E-state index in [1.165, 1.54) is 16.9 Å². The zero-order chi connectivity index (χ0) is 27.2. The summed E-state index contributed by atoms with van der Waals surface area (Å²) in [6.45, 7) is 2.05. The van der Waals surface area contributed by atoms with E-state index >= 15 is 0 Å². The lowest BCUT2D eigenvalue weighted by atomic mass is 10.1. The molecular formula is C32H25Cl2N2OPS. The van der Waals surface area contributed by atoms with Gasteiger partial charge in [0.2, 0.25) is 7.29 Å². The smallest absolute Gasteiger partial charge is 0.217 e. The lowest BCUT2D eigenvalue weighted by Crippen LogP contribution is -1.94. The number of benzene rings is 4. The van der Waals surface area contributed by atoms with Crippen molar-refractivity contribution in [2.24, 2.45) is 0 Å². The predicted molar refractivity (Wildman–Crippen MR) is 169 cm³/mol. The lowest BCUT2D eigenvalue weighted by molar-refractivity contribution is 0.589. The number of rotatable bonds is 8. The molecule has 7 heteroatoms. The number of hydrogen-bond acceptors (Lipinski definition) is 3. The zero-order valence-corrected chi connectivity index (χ0v) is 24.3. The van der Waals surface area contributed by atoms with Gasteiger partial charge in [0.15, 0.2) is 5.13 Å². The molecule has 0 saturated carbocycles. The van der Waals surface area contributed by atoms with E-state index in [1.54, 1.807) is 11.6 Å². The molecule has 0 bridgehead atoms. The highest BCUT2D eigenvalue weighted by Crippen LogP contribution is 2.55. The first kappa shape index (κ1) is 27.2. The summed E-state index contributed by atoms with van der Waals surface area (Å²) in [5, 5.41) is 4.44. The van der Waals surface area contributed by atoms with Gasteiger partial charge in [-0.2, -0.15) is 0 Å². The van der Waals surface area contributed by atoms with Crippen molar-refractivity contribution in [1.82, 2.24) is 4.98 Å². The Morgan fingerprint density at radius 2 is 1.21 bits per heavy atom. The second-order valence-corrected chi connectivity index (χ2v) is 12.9. The van der Waals surface area contributed by atoms with Crippen molar-refractivity contribution in [3.8, 4) is 21.7 Å². The van der Waals surface area contributed by atoms with E-state index in [0.717, 1.165) is 32.8 Å². The van der Waals surface area contributed by atoms with Gasteiger partial charge in [0, 0.05) is 17.2 Å².